The number of rotatable bonds is 4. The Balaban J connectivity index is 2.86. The molecule has 0 bridgehead atoms. The summed E-state index contributed by atoms with van der Waals surface area (Å²) in [4.78, 5) is 11.6. The number of carbonyl (C=O) groups excluding carboxylic acids is 1. The molecule has 0 aromatic rings. The van der Waals surface area contributed by atoms with E-state index in [0.29, 0.717) is 5.92 Å². The SMILES string of the molecule is COC(=O)C(C)(C)C=CB1OC(C)(C)C(C)(C(C)C)O1. The molecule has 1 aliphatic heterocycles. The molecule has 20 heavy (non-hydrogen) atoms. The number of hydrogen-bond donors (Lipinski definition) is 0. The Morgan fingerprint density at radius 2 is 1.80 bits per heavy atom. The van der Waals surface area contributed by atoms with Gasteiger partial charge in [0.2, 0.25) is 0 Å². The smallest absolute Gasteiger partial charge is 0.468 e. The van der Waals surface area contributed by atoms with Crippen molar-refractivity contribution in [2.75, 3.05) is 7.11 Å². The minimum atomic E-state index is -0.692. The predicted molar refractivity (Wildman–Crippen MR) is 80.2 cm³/mol. The number of carbonyl (C=O) groups is 1. The third-order valence-corrected chi connectivity index (χ3v) is 4.45. The van der Waals surface area contributed by atoms with E-state index in [9.17, 15) is 4.79 Å². The van der Waals surface area contributed by atoms with Gasteiger partial charge in [-0.2, -0.15) is 0 Å². The first-order valence-electron chi connectivity index (χ1n) is 7.09. The zero-order valence-electron chi connectivity index (χ0n) is 13.9. The minimum Gasteiger partial charge on any atom is -0.468 e. The van der Waals surface area contributed by atoms with E-state index in [1.165, 1.54) is 7.11 Å². The van der Waals surface area contributed by atoms with E-state index >= 15 is 0 Å². The molecule has 0 amide bonds. The Bertz CT molecular complexity index is 401. The zero-order valence-corrected chi connectivity index (χ0v) is 13.9. The van der Waals surface area contributed by atoms with Gasteiger partial charge in [-0.25, -0.2) is 0 Å². The summed E-state index contributed by atoms with van der Waals surface area (Å²) in [6.45, 7) is 14.0. The number of ether oxygens (including phenoxy) is 1. The van der Waals surface area contributed by atoms with Crippen molar-refractivity contribution >= 4 is 13.1 Å². The fourth-order valence-corrected chi connectivity index (χ4v) is 2.37. The van der Waals surface area contributed by atoms with Gasteiger partial charge in [-0.1, -0.05) is 25.9 Å². The van der Waals surface area contributed by atoms with E-state index in [0.717, 1.165) is 0 Å². The van der Waals surface area contributed by atoms with Crippen molar-refractivity contribution in [3.8, 4) is 0 Å². The summed E-state index contributed by atoms with van der Waals surface area (Å²) in [6, 6.07) is 0. The van der Waals surface area contributed by atoms with Gasteiger partial charge in [0, 0.05) is 0 Å². The van der Waals surface area contributed by atoms with E-state index in [1.54, 1.807) is 25.9 Å². The van der Waals surface area contributed by atoms with E-state index in [1.807, 2.05) is 13.8 Å². The Kier molecular flexibility index (Phi) is 4.77. The molecule has 4 nitrogen and oxygen atoms in total. The van der Waals surface area contributed by atoms with Crippen LogP contribution in [0.5, 0.6) is 0 Å². The molecule has 0 radical (unpaired) electrons. The third-order valence-electron chi connectivity index (χ3n) is 4.45. The maximum atomic E-state index is 11.6. The molecule has 114 valence electrons. The molecule has 0 saturated carbocycles. The molecule has 0 spiro atoms. The first-order valence-corrected chi connectivity index (χ1v) is 7.09. The van der Waals surface area contributed by atoms with Gasteiger partial charge in [0.25, 0.3) is 0 Å². The highest BCUT2D eigenvalue weighted by atomic mass is 16.7. The largest absolute Gasteiger partial charge is 0.486 e. The van der Waals surface area contributed by atoms with Crippen molar-refractivity contribution in [3.05, 3.63) is 12.1 Å². The van der Waals surface area contributed by atoms with Gasteiger partial charge in [-0.15, -0.1) is 0 Å². The van der Waals surface area contributed by atoms with Crippen molar-refractivity contribution < 1.29 is 18.8 Å². The highest BCUT2D eigenvalue weighted by molar-refractivity contribution is 6.51. The average Bonchev–Trinajstić information content (AvgIpc) is 2.57. The maximum absolute atomic E-state index is 11.6. The minimum absolute atomic E-state index is 0.280. The van der Waals surface area contributed by atoms with Crippen molar-refractivity contribution in [3.63, 3.8) is 0 Å². The van der Waals surface area contributed by atoms with Crippen LogP contribution < -0.4 is 0 Å². The summed E-state index contributed by atoms with van der Waals surface area (Å²) in [5.74, 6) is 1.84. The summed E-state index contributed by atoms with van der Waals surface area (Å²) < 4.78 is 16.8. The highest BCUT2D eigenvalue weighted by Crippen LogP contribution is 2.42. The molecule has 1 unspecified atom stereocenters. The fraction of sp³-hybridized carbons (Fsp3) is 0.800. The van der Waals surface area contributed by atoms with Crippen LogP contribution in [0.25, 0.3) is 0 Å². The lowest BCUT2D eigenvalue weighted by Crippen LogP contribution is -2.48. The van der Waals surface area contributed by atoms with Gasteiger partial charge in [0.15, 0.2) is 0 Å². The van der Waals surface area contributed by atoms with Crippen LogP contribution in [0.4, 0.5) is 0 Å². The standard InChI is InChI=1S/C15H27BO4/c1-11(2)15(7)14(5,6)19-16(20-15)10-9-13(3,4)12(17)18-8/h9-11H,1-8H3. The van der Waals surface area contributed by atoms with Gasteiger partial charge in [0.05, 0.1) is 23.7 Å². The lowest BCUT2D eigenvalue weighted by atomic mass is 9.79. The molecular formula is C15H27BO4. The lowest BCUT2D eigenvalue weighted by Gasteiger charge is -2.39. The normalized spacial score (nSPS) is 26.6. The molecule has 1 fully saturated rings. The lowest BCUT2D eigenvalue weighted by molar-refractivity contribution is -0.148. The van der Waals surface area contributed by atoms with Crippen LogP contribution >= 0.6 is 0 Å². The summed E-state index contributed by atoms with van der Waals surface area (Å²) in [5, 5.41) is 0. The molecule has 0 aromatic carbocycles. The first kappa shape index (κ1) is 17.2. The van der Waals surface area contributed by atoms with Crippen LogP contribution in [0.2, 0.25) is 0 Å². The maximum Gasteiger partial charge on any atom is 0.486 e. The van der Waals surface area contributed by atoms with Crippen LogP contribution in [0.3, 0.4) is 0 Å². The Hall–Kier alpha value is -0.805. The monoisotopic (exact) mass is 282 g/mol. The Labute approximate surface area is 123 Å². The molecule has 1 rings (SSSR count). The molecular weight excluding hydrogens is 255 g/mol. The average molecular weight is 282 g/mol. The molecule has 0 aromatic heterocycles. The van der Waals surface area contributed by atoms with Gasteiger partial charge in [-0.3, -0.25) is 4.79 Å². The van der Waals surface area contributed by atoms with Gasteiger partial charge in [0.1, 0.15) is 0 Å². The summed E-state index contributed by atoms with van der Waals surface area (Å²) >= 11 is 0. The van der Waals surface area contributed by atoms with Crippen molar-refractivity contribution in [2.24, 2.45) is 11.3 Å². The van der Waals surface area contributed by atoms with Crippen molar-refractivity contribution in [2.45, 2.75) is 59.7 Å². The molecule has 1 aliphatic rings. The summed E-state index contributed by atoms with van der Waals surface area (Å²) in [5.41, 5.74) is -1.44. The molecule has 1 atom stereocenters. The fourth-order valence-electron chi connectivity index (χ4n) is 2.37. The second kappa shape index (κ2) is 5.53. The Morgan fingerprint density at radius 3 is 2.20 bits per heavy atom. The van der Waals surface area contributed by atoms with Crippen LogP contribution in [-0.2, 0) is 18.8 Å². The second-order valence-electron chi connectivity index (χ2n) is 6.95. The van der Waals surface area contributed by atoms with Crippen LogP contribution in [-0.4, -0.2) is 31.4 Å². The number of hydrogen-bond acceptors (Lipinski definition) is 4. The van der Waals surface area contributed by atoms with Crippen LogP contribution in [0.15, 0.2) is 12.1 Å². The van der Waals surface area contributed by atoms with Crippen molar-refractivity contribution in [1.29, 1.82) is 0 Å². The van der Waals surface area contributed by atoms with Crippen LogP contribution in [0.1, 0.15) is 48.5 Å². The van der Waals surface area contributed by atoms with E-state index in [2.05, 4.69) is 20.8 Å². The summed E-state index contributed by atoms with van der Waals surface area (Å²) in [7, 11) is 0.945. The molecule has 0 aliphatic carbocycles. The van der Waals surface area contributed by atoms with Gasteiger partial charge in [-0.05, 0) is 40.5 Å². The Morgan fingerprint density at radius 1 is 1.25 bits per heavy atom. The molecule has 5 heteroatoms. The van der Waals surface area contributed by atoms with E-state index < -0.39 is 12.5 Å². The van der Waals surface area contributed by atoms with Crippen molar-refractivity contribution in [1.82, 2.24) is 0 Å². The second-order valence-corrected chi connectivity index (χ2v) is 6.95. The van der Waals surface area contributed by atoms with Gasteiger partial charge >= 0.3 is 13.1 Å². The quantitative estimate of drug-likeness (QED) is 0.587. The topological polar surface area (TPSA) is 44.8 Å². The number of esters is 1. The zero-order chi connectivity index (χ0) is 15.8. The first-order chi connectivity index (χ1) is 8.96. The number of methoxy groups -OCH3 is 1. The summed E-state index contributed by atoms with van der Waals surface area (Å²) in [6.07, 6.45) is 1.78. The molecule has 0 N–H and O–H groups in total. The third kappa shape index (κ3) is 3.09. The van der Waals surface area contributed by atoms with E-state index in [-0.39, 0.29) is 17.2 Å². The molecule has 1 saturated heterocycles. The van der Waals surface area contributed by atoms with Crippen LogP contribution in [0, 0.1) is 11.3 Å². The van der Waals surface area contributed by atoms with Gasteiger partial charge < -0.3 is 14.0 Å². The molecule has 1 heterocycles. The van der Waals surface area contributed by atoms with E-state index in [4.69, 9.17) is 14.0 Å². The predicted octanol–water partition coefficient (Wildman–Crippen LogP) is 3.01. The highest BCUT2D eigenvalue weighted by Gasteiger charge is 2.54.